The Labute approximate surface area is 180 Å². The zero-order chi connectivity index (χ0) is 21.4. The van der Waals surface area contributed by atoms with Crippen molar-refractivity contribution in [1.29, 1.82) is 0 Å². The molecular weight excluding hydrogens is 420 g/mol. The topological polar surface area (TPSA) is 84.5 Å². The number of benzene rings is 3. The second kappa shape index (κ2) is 10.2. The molecule has 0 atom stereocenters. The van der Waals surface area contributed by atoms with Crippen LogP contribution in [0.5, 0.6) is 5.75 Å². The molecule has 156 valence electrons. The van der Waals surface area contributed by atoms with Gasteiger partial charge in [-0.3, -0.25) is 9.52 Å². The smallest absolute Gasteiger partial charge is 0.261 e. The number of nitrogens with one attached hydrogen (secondary N) is 2. The van der Waals surface area contributed by atoms with Gasteiger partial charge in [-0.25, -0.2) is 8.42 Å². The summed E-state index contributed by atoms with van der Waals surface area (Å²) in [6, 6.07) is 22.4. The van der Waals surface area contributed by atoms with Gasteiger partial charge in [0.15, 0.2) is 0 Å². The fourth-order valence-corrected chi connectivity index (χ4v) is 4.48. The Morgan fingerprint density at radius 2 is 1.70 bits per heavy atom. The van der Waals surface area contributed by atoms with Gasteiger partial charge in [0.25, 0.3) is 15.9 Å². The second-order valence-corrected chi connectivity index (χ2v) is 9.13. The third-order valence-corrected chi connectivity index (χ3v) is 6.56. The Morgan fingerprint density at radius 1 is 0.967 bits per heavy atom. The van der Waals surface area contributed by atoms with Crippen molar-refractivity contribution < 1.29 is 17.9 Å². The van der Waals surface area contributed by atoms with Gasteiger partial charge in [0.05, 0.1) is 12.0 Å². The molecule has 3 aromatic carbocycles. The van der Waals surface area contributed by atoms with E-state index in [0.717, 1.165) is 10.6 Å². The van der Waals surface area contributed by atoms with Crippen LogP contribution in [0.15, 0.2) is 88.7 Å². The molecule has 2 N–H and O–H groups in total. The van der Waals surface area contributed by atoms with Crippen molar-refractivity contribution in [2.75, 3.05) is 24.1 Å². The van der Waals surface area contributed by atoms with E-state index in [0.29, 0.717) is 23.5 Å². The summed E-state index contributed by atoms with van der Waals surface area (Å²) in [5.74, 6) is 1.05. The van der Waals surface area contributed by atoms with Gasteiger partial charge in [-0.1, -0.05) is 24.3 Å². The molecule has 0 spiro atoms. The van der Waals surface area contributed by atoms with E-state index >= 15 is 0 Å². The lowest BCUT2D eigenvalue weighted by Crippen LogP contribution is -2.25. The first kappa shape index (κ1) is 21.7. The molecule has 0 heterocycles. The average Bonchev–Trinajstić information content (AvgIpc) is 2.77. The van der Waals surface area contributed by atoms with Crippen molar-refractivity contribution in [2.45, 2.75) is 9.79 Å². The first-order valence-electron chi connectivity index (χ1n) is 9.21. The lowest BCUT2D eigenvalue weighted by Gasteiger charge is -2.10. The highest BCUT2D eigenvalue weighted by atomic mass is 32.2. The van der Waals surface area contributed by atoms with Gasteiger partial charge in [0, 0.05) is 28.4 Å². The van der Waals surface area contributed by atoms with Crippen molar-refractivity contribution in [2.24, 2.45) is 0 Å². The summed E-state index contributed by atoms with van der Waals surface area (Å²) in [5, 5.41) is 2.85. The zero-order valence-electron chi connectivity index (χ0n) is 16.4. The number of thioether (sulfide) groups is 1. The van der Waals surface area contributed by atoms with Gasteiger partial charge >= 0.3 is 0 Å². The Morgan fingerprint density at radius 3 is 2.40 bits per heavy atom. The molecule has 6 nitrogen and oxygen atoms in total. The summed E-state index contributed by atoms with van der Waals surface area (Å²) in [4.78, 5) is 13.7. The molecule has 1 amide bonds. The molecule has 3 aromatic rings. The number of carbonyl (C=O) groups excluding carboxylic acids is 1. The van der Waals surface area contributed by atoms with Gasteiger partial charge in [0.1, 0.15) is 5.75 Å². The van der Waals surface area contributed by atoms with Gasteiger partial charge in [-0.2, -0.15) is 0 Å². The number of sulfonamides is 1. The number of methoxy groups -OCH3 is 1. The minimum absolute atomic E-state index is 0.107. The lowest BCUT2D eigenvalue weighted by atomic mass is 10.2. The predicted molar refractivity (Wildman–Crippen MR) is 120 cm³/mol. The second-order valence-electron chi connectivity index (χ2n) is 6.28. The molecule has 0 aliphatic rings. The monoisotopic (exact) mass is 442 g/mol. The van der Waals surface area contributed by atoms with E-state index in [9.17, 15) is 13.2 Å². The van der Waals surface area contributed by atoms with Crippen LogP contribution in [0.3, 0.4) is 0 Å². The number of hydrogen-bond donors (Lipinski definition) is 2. The lowest BCUT2D eigenvalue weighted by molar-refractivity contribution is 0.0956. The summed E-state index contributed by atoms with van der Waals surface area (Å²) in [6.45, 7) is 0.500. The minimum atomic E-state index is -3.77. The Bertz CT molecular complexity index is 1090. The van der Waals surface area contributed by atoms with E-state index in [2.05, 4.69) is 10.0 Å². The first-order chi connectivity index (χ1) is 14.5. The van der Waals surface area contributed by atoms with Crippen LogP contribution in [0.4, 0.5) is 5.69 Å². The molecule has 0 aliphatic heterocycles. The molecule has 0 unspecified atom stereocenters. The fraction of sp³-hybridized carbons (Fsp3) is 0.136. The molecule has 0 saturated heterocycles. The van der Waals surface area contributed by atoms with Crippen molar-refractivity contribution in [3.05, 3.63) is 84.4 Å². The van der Waals surface area contributed by atoms with Crippen molar-refractivity contribution in [3.8, 4) is 5.75 Å². The van der Waals surface area contributed by atoms with E-state index in [1.54, 1.807) is 42.1 Å². The van der Waals surface area contributed by atoms with Crippen LogP contribution < -0.4 is 14.8 Å². The highest BCUT2D eigenvalue weighted by Crippen LogP contribution is 2.20. The van der Waals surface area contributed by atoms with E-state index in [1.807, 2.05) is 30.3 Å². The van der Waals surface area contributed by atoms with Gasteiger partial charge in [-0.15, -0.1) is 11.8 Å². The maximum Gasteiger partial charge on any atom is 0.261 e. The summed E-state index contributed by atoms with van der Waals surface area (Å²) >= 11 is 1.65. The highest BCUT2D eigenvalue weighted by Gasteiger charge is 2.15. The van der Waals surface area contributed by atoms with Crippen molar-refractivity contribution in [3.63, 3.8) is 0 Å². The van der Waals surface area contributed by atoms with E-state index in [4.69, 9.17) is 4.74 Å². The van der Waals surface area contributed by atoms with Crippen molar-refractivity contribution in [1.82, 2.24) is 5.32 Å². The average molecular weight is 443 g/mol. The molecule has 0 bridgehead atoms. The predicted octanol–water partition coefficient (Wildman–Crippen LogP) is 4.02. The molecule has 0 aliphatic carbocycles. The molecule has 8 heteroatoms. The SMILES string of the molecule is COc1ccc(S(=O)(=O)Nc2cccc(C(=O)NCCSc3ccccc3)c2)cc1. The van der Waals surface area contributed by atoms with Crippen LogP contribution in [0.1, 0.15) is 10.4 Å². The number of rotatable bonds is 9. The van der Waals surface area contributed by atoms with E-state index < -0.39 is 10.0 Å². The van der Waals surface area contributed by atoms with Crippen molar-refractivity contribution >= 4 is 33.4 Å². The molecule has 0 radical (unpaired) electrons. The molecular formula is C22H22N2O4S2. The van der Waals surface area contributed by atoms with Crippen LogP contribution in [0.2, 0.25) is 0 Å². The summed E-state index contributed by atoms with van der Waals surface area (Å²) in [7, 11) is -2.26. The van der Waals surface area contributed by atoms with E-state index in [-0.39, 0.29) is 10.8 Å². The Balaban J connectivity index is 1.58. The van der Waals surface area contributed by atoms with Crippen LogP contribution in [-0.2, 0) is 10.0 Å². The van der Waals surface area contributed by atoms with Gasteiger partial charge in [-0.05, 0) is 54.6 Å². The molecule has 0 fully saturated rings. The summed E-state index contributed by atoms with van der Waals surface area (Å²) in [5.41, 5.74) is 0.701. The summed E-state index contributed by atoms with van der Waals surface area (Å²) < 4.78 is 32.7. The molecule has 30 heavy (non-hydrogen) atoms. The standard InChI is InChI=1S/C22H22N2O4S2/c1-28-19-10-12-21(13-11-19)30(26,27)24-18-7-5-6-17(16-18)22(25)23-14-15-29-20-8-3-2-4-9-20/h2-13,16,24H,14-15H2,1H3,(H,23,25). The van der Waals surface area contributed by atoms with Gasteiger partial charge < -0.3 is 10.1 Å². The molecule has 0 saturated carbocycles. The van der Waals surface area contributed by atoms with Gasteiger partial charge in [0.2, 0.25) is 0 Å². The van der Waals surface area contributed by atoms with Crippen LogP contribution >= 0.6 is 11.8 Å². The number of amides is 1. The maximum atomic E-state index is 12.6. The normalized spacial score (nSPS) is 11.0. The van der Waals surface area contributed by atoms with Crippen LogP contribution in [0, 0.1) is 0 Å². The molecule has 3 rings (SSSR count). The third-order valence-electron chi connectivity index (χ3n) is 4.15. The van der Waals surface area contributed by atoms with Crippen LogP contribution in [0.25, 0.3) is 0 Å². The largest absolute Gasteiger partial charge is 0.497 e. The zero-order valence-corrected chi connectivity index (χ0v) is 18.0. The quantitative estimate of drug-likeness (QED) is 0.386. The molecule has 0 aromatic heterocycles. The Kier molecular flexibility index (Phi) is 7.37. The number of hydrogen-bond acceptors (Lipinski definition) is 5. The van der Waals surface area contributed by atoms with Crippen LogP contribution in [-0.4, -0.2) is 33.7 Å². The first-order valence-corrected chi connectivity index (χ1v) is 11.7. The highest BCUT2D eigenvalue weighted by molar-refractivity contribution is 7.99. The fourth-order valence-electron chi connectivity index (χ4n) is 2.65. The third kappa shape index (κ3) is 6.01. The van der Waals surface area contributed by atoms with E-state index in [1.165, 1.54) is 25.3 Å². The number of anilines is 1. The number of ether oxygens (including phenoxy) is 1. The minimum Gasteiger partial charge on any atom is -0.497 e. The maximum absolute atomic E-state index is 12.6. The Hall–Kier alpha value is -2.97. The summed E-state index contributed by atoms with van der Waals surface area (Å²) in [6.07, 6.45) is 0. The number of carbonyl (C=O) groups is 1.